The van der Waals surface area contributed by atoms with E-state index in [1.54, 1.807) is 53.4 Å². The Bertz CT molecular complexity index is 969. The molecule has 136 valence electrons. The number of phenols is 1. The van der Waals surface area contributed by atoms with E-state index in [2.05, 4.69) is 0 Å². The highest BCUT2D eigenvalue weighted by Gasteiger charge is 2.63. The van der Waals surface area contributed by atoms with Gasteiger partial charge in [-0.25, -0.2) is 8.78 Å². The Labute approximate surface area is 155 Å². The van der Waals surface area contributed by atoms with Crippen molar-refractivity contribution in [2.24, 2.45) is 0 Å². The number of amides is 1. The van der Waals surface area contributed by atoms with Gasteiger partial charge in [0.2, 0.25) is 0 Å². The summed E-state index contributed by atoms with van der Waals surface area (Å²) in [4.78, 5) is 14.5. The lowest BCUT2D eigenvalue weighted by Gasteiger charge is -2.17. The Morgan fingerprint density at radius 2 is 1.37 bits per heavy atom. The molecule has 3 aromatic rings. The molecule has 3 aromatic carbocycles. The lowest BCUT2D eigenvalue weighted by atomic mass is 9.91. The van der Waals surface area contributed by atoms with Gasteiger partial charge in [0.05, 0.1) is 0 Å². The lowest BCUT2D eigenvalue weighted by molar-refractivity contribution is -0.111. The van der Waals surface area contributed by atoms with Gasteiger partial charge in [-0.05, 0) is 72.5 Å². The van der Waals surface area contributed by atoms with Crippen LogP contribution in [0, 0.1) is 11.6 Å². The smallest absolute Gasteiger partial charge is 0.259 e. The molecule has 1 amide bonds. The normalized spacial score (nSPS) is 18.6. The number of hydrogen-bond donors (Lipinski definition) is 1. The van der Waals surface area contributed by atoms with Gasteiger partial charge in [-0.3, -0.25) is 9.69 Å². The molecule has 0 bridgehead atoms. The Morgan fingerprint density at radius 3 is 1.96 bits per heavy atom. The molecule has 27 heavy (non-hydrogen) atoms. The van der Waals surface area contributed by atoms with Gasteiger partial charge in [0, 0.05) is 5.69 Å². The van der Waals surface area contributed by atoms with Crippen LogP contribution in [0.25, 0.3) is 0 Å². The van der Waals surface area contributed by atoms with Crippen LogP contribution in [0.5, 0.6) is 5.75 Å². The van der Waals surface area contributed by atoms with E-state index in [-0.39, 0.29) is 23.3 Å². The molecule has 0 aliphatic carbocycles. The zero-order valence-corrected chi connectivity index (χ0v) is 14.4. The number of hydrogen-bond acceptors (Lipinski definition) is 2. The van der Waals surface area contributed by atoms with Crippen molar-refractivity contribution in [2.45, 2.75) is 18.4 Å². The van der Waals surface area contributed by atoms with Crippen LogP contribution in [0.4, 0.5) is 14.5 Å². The van der Waals surface area contributed by atoms with Crippen LogP contribution in [0.2, 0.25) is 0 Å². The molecule has 1 N–H and O–H groups in total. The van der Waals surface area contributed by atoms with Crippen LogP contribution in [-0.4, -0.2) is 11.0 Å². The Morgan fingerprint density at radius 1 is 0.815 bits per heavy atom. The van der Waals surface area contributed by atoms with Crippen LogP contribution < -0.4 is 4.90 Å². The van der Waals surface area contributed by atoms with Crippen LogP contribution in [0.3, 0.4) is 0 Å². The van der Waals surface area contributed by atoms with E-state index >= 15 is 0 Å². The highest BCUT2D eigenvalue weighted by atomic mass is 19.1. The first-order chi connectivity index (χ1) is 13.0. The van der Waals surface area contributed by atoms with Crippen LogP contribution in [0.15, 0.2) is 72.8 Å². The standard InChI is InChI=1S/C22H17F2NO2/c23-17-5-1-15(2-6-17)13-14-22(16-3-11-20(26)12-4-16)21(27)25(22)19-9-7-18(24)8-10-19/h1-12,26H,13-14H2/t22-,25?/m1/s1. The topological polar surface area (TPSA) is 40.3 Å². The molecule has 1 aliphatic heterocycles. The largest absolute Gasteiger partial charge is 0.508 e. The monoisotopic (exact) mass is 365 g/mol. The number of nitrogens with zero attached hydrogens (tertiary/aromatic N) is 1. The molecule has 4 rings (SSSR count). The van der Waals surface area contributed by atoms with Gasteiger partial charge in [0.15, 0.2) is 5.54 Å². The third-order valence-corrected chi connectivity index (χ3v) is 5.01. The summed E-state index contributed by atoms with van der Waals surface area (Å²) in [7, 11) is 0. The summed E-state index contributed by atoms with van der Waals surface area (Å²) in [5.41, 5.74) is 1.43. The predicted molar refractivity (Wildman–Crippen MR) is 98.4 cm³/mol. The Hall–Kier alpha value is -3.21. The van der Waals surface area contributed by atoms with Crippen molar-refractivity contribution < 1.29 is 18.7 Å². The average molecular weight is 365 g/mol. The van der Waals surface area contributed by atoms with Crippen molar-refractivity contribution in [3.8, 4) is 5.75 Å². The first-order valence-corrected chi connectivity index (χ1v) is 8.65. The van der Waals surface area contributed by atoms with Gasteiger partial charge in [-0.2, -0.15) is 0 Å². The zero-order valence-electron chi connectivity index (χ0n) is 14.4. The van der Waals surface area contributed by atoms with Gasteiger partial charge in [0.1, 0.15) is 17.4 Å². The summed E-state index contributed by atoms with van der Waals surface area (Å²) in [6.45, 7) is 0. The molecule has 0 aromatic heterocycles. The highest BCUT2D eigenvalue weighted by molar-refractivity contribution is 6.20. The molecule has 1 aliphatic rings. The molecule has 0 radical (unpaired) electrons. The summed E-state index contributed by atoms with van der Waals surface area (Å²) in [6.07, 6.45) is 1.06. The number of phenolic OH excluding ortho intramolecular Hbond substituents is 1. The van der Waals surface area contributed by atoms with E-state index in [9.17, 15) is 18.7 Å². The maximum Gasteiger partial charge on any atom is 0.259 e. The summed E-state index contributed by atoms with van der Waals surface area (Å²) >= 11 is 0. The number of anilines is 1. The number of aromatic hydroxyl groups is 1. The molecule has 1 saturated heterocycles. The molecule has 1 heterocycles. The maximum absolute atomic E-state index is 13.3. The molecular formula is C22H17F2NO2. The minimum Gasteiger partial charge on any atom is -0.508 e. The van der Waals surface area contributed by atoms with E-state index in [0.717, 1.165) is 11.1 Å². The quantitative estimate of drug-likeness (QED) is 0.674. The van der Waals surface area contributed by atoms with Gasteiger partial charge in [0.25, 0.3) is 5.91 Å². The van der Waals surface area contributed by atoms with Crippen molar-refractivity contribution in [3.05, 3.63) is 95.6 Å². The van der Waals surface area contributed by atoms with Crippen molar-refractivity contribution in [1.29, 1.82) is 0 Å². The van der Waals surface area contributed by atoms with Crippen molar-refractivity contribution in [3.63, 3.8) is 0 Å². The molecule has 0 spiro atoms. The number of benzene rings is 3. The van der Waals surface area contributed by atoms with E-state index in [1.165, 1.54) is 24.3 Å². The Balaban J connectivity index is 1.68. The highest BCUT2D eigenvalue weighted by Crippen LogP contribution is 2.51. The van der Waals surface area contributed by atoms with Gasteiger partial charge in [-0.15, -0.1) is 0 Å². The molecule has 3 nitrogen and oxygen atoms in total. The molecule has 0 saturated carbocycles. The third-order valence-electron chi connectivity index (χ3n) is 5.01. The molecule has 1 atom stereocenters. The third kappa shape index (κ3) is 3.05. The van der Waals surface area contributed by atoms with Crippen LogP contribution in [-0.2, 0) is 16.8 Å². The van der Waals surface area contributed by atoms with Crippen molar-refractivity contribution in [2.75, 3.05) is 4.90 Å². The second-order valence-electron chi connectivity index (χ2n) is 6.65. The minimum atomic E-state index is -0.875. The fraction of sp³-hybridized carbons (Fsp3) is 0.136. The van der Waals surface area contributed by atoms with E-state index in [1.807, 2.05) is 0 Å². The summed E-state index contributed by atoms with van der Waals surface area (Å²) in [5.74, 6) is -0.632. The molecule has 0 unspecified atom stereocenters. The maximum atomic E-state index is 13.3. The predicted octanol–water partition coefficient (Wildman–Crippen LogP) is 4.55. The molecule has 5 heteroatoms. The number of carbonyl (C=O) groups is 1. The fourth-order valence-electron chi connectivity index (χ4n) is 3.52. The second kappa shape index (κ2) is 6.50. The number of carbonyl (C=O) groups excluding carboxylic acids is 1. The zero-order chi connectivity index (χ0) is 19.0. The van der Waals surface area contributed by atoms with Crippen molar-refractivity contribution in [1.82, 2.24) is 0 Å². The minimum absolute atomic E-state index is 0.0816. The second-order valence-corrected chi connectivity index (χ2v) is 6.65. The average Bonchev–Trinajstić information content (AvgIpc) is 3.27. The van der Waals surface area contributed by atoms with E-state index in [0.29, 0.717) is 18.5 Å². The first-order valence-electron chi connectivity index (χ1n) is 8.65. The summed E-state index contributed by atoms with van der Waals surface area (Å²) in [5, 5.41) is 9.58. The molecular weight excluding hydrogens is 348 g/mol. The Kier molecular flexibility index (Phi) is 4.15. The number of aryl methyl sites for hydroxylation is 1. The van der Waals surface area contributed by atoms with E-state index in [4.69, 9.17) is 0 Å². The van der Waals surface area contributed by atoms with Gasteiger partial charge < -0.3 is 5.11 Å². The van der Waals surface area contributed by atoms with Crippen LogP contribution in [0.1, 0.15) is 17.5 Å². The van der Waals surface area contributed by atoms with Crippen molar-refractivity contribution >= 4 is 11.6 Å². The number of halogens is 2. The van der Waals surface area contributed by atoms with E-state index < -0.39 is 5.54 Å². The summed E-state index contributed by atoms with van der Waals surface area (Å²) < 4.78 is 26.4. The van der Waals surface area contributed by atoms with Gasteiger partial charge in [-0.1, -0.05) is 24.3 Å². The fourth-order valence-corrected chi connectivity index (χ4v) is 3.52. The molecule has 1 fully saturated rings. The van der Waals surface area contributed by atoms with Crippen LogP contribution >= 0.6 is 0 Å². The lowest BCUT2D eigenvalue weighted by Crippen LogP contribution is -2.17. The summed E-state index contributed by atoms with van der Waals surface area (Å²) in [6, 6.07) is 18.5. The number of rotatable bonds is 5. The van der Waals surface area contributed by atoms with Gasteiger partial charge >= 0.3 is 0 Å². The SMILES string of the molecule is O=C1N(c2ccc(F)cc2)[C@]1(CCc1ccc(F)cc1)c1ccc(O)cc1. The first kappa shape index (κ1) is 17.2.